The summed E-state index contributed by atoms with van der Waals surface area (Å²) in [5.74, 6) is 0.332. The molecule has 34 heavy (non-hydrogen) atoms. The number of hydrogen-bond donors (Lipinski definition) is 3. The number of unbranched alkanes of at least 4 members (excludes halogenated alkanes) is 1. The van der Waals surface area contributed by atoms with Gasteiger partial charge in [-0.2, -0.15) is 0 Å². The number of carbonyl (C=O) groups is 1. The predicted octanol–water partition coefficient (Wildman–Crippen LogP) is 2.69. The Morgan fingerprint density at radius 1 is 1.06 bits per heavy atom. The number of amides is 1. The molecule has 2 aromatic heterocycles. The first-order chi connectivity index (χ1) is 16.5. The lowest BCUT2D eigenvalue weighted by molar-refractivity contribution is -0.118. The van der Waals surface area contributed by atoms with Crippen LogP contribution >= 0.6 is 0 Å². The van der Waals surface area contributed by atoms with E-state index in [2.05, 4.69) is 20.6 Å². The monoisotopic (exact) mass is 460 g/mol. The number of benzene rings is 2. The first kappa shape index (κ1) is 23.2. The maximum Gasteiger partial charge on any atom is 0.330 e. The van der Waals surface area contributed by atoms with Gasteiger partial charge in [0.2, 0.25) is 5.91 Å². The number of aryl methyl sites for hydroxylation is 2. The normalized spacial score (nSPS) is 12.1. The first-order valence-electron chi connectivity index (χ1n) is 11.3. The number of hydrogen-bond acceptors (Lipinski definition) is 5. The Labute approximate surface area is 196 Å². The summed E-state index contributed by atoms with van der Waals surface area (Å²) in [4.78, 5) is 45.1. The smallest absolute Gasteiger partial charge is 0.324 e. The number of nitrogens with one attached hydrogen (secondary N) is 3. The van der Waals surface area contributed by atoms with Crippen molar-refractivity contribution in [2.75, 3.05) is 5.32 Å². The Kier molecular flexibility index (Phi) is 7.03. The zero-order valence-corrected chi connectivity index (χ0v) is 19.2. The van der Waals surface area contributed by atoms with Crippen molar-refractivity contribution in [1.82, 2.24) is 24.4 Å². The molecule has 1 atom stereocenters. The van der Waals surface area contributed by atoms with Crippen LogP contribution in [-0.2, 0) is 24.9 Å². The lowest BCUT2D eigenvalue weighted by atomic mass is 10.1. The van der Waals surface area contributed by atoms with Crippen molar-refractivity contribution < 1.29 is 4.79 Å². The van der Waals surface area contributed by atoms with E-state index in [4.69, 9.17) is 0 Å². The summed E-state index contributed by atoms with van der Waals surface area (Å²) >= 11 is 0. The highest BCUT2D eigenvalue weighted by molar-refractivity contribution is 5.95. The van der Waals surface area contributed by atoms with Gasteiger partial charge in [-0.15, -0.1) is 0 Å². The summed E-state index contributed by atoms with van der Waals surface area (Å²) < 4.78 is 3.17. The number of rotatable bonds is 9. The van der Waals surface area contributed by atoms with Gasteiger partial charge >= 0.3 is 5.69 Å². The fourth-order valence-electron chi connectivity index (χ4n) is 3.91. The van der Waals surface area contributed by atoms with E-state index in [0.717, 1.165) is 18.4 Å². The molecule has 2 heterocycles. The second kappa shape index (κ2) is 10.3. The van der Waals surface area contributed by atoms with Crippen molar-refractivity contribution >= 4 is 22.8 Å². The molecule has 0 saturated heterocycles. The number of aromatic nitrogens is 4. The zero-order valence-electron chi connectivity index (χ0n) is 19.2. The maximum absolute atomic E-state index is 13.2. The minimum atomic E-state index is -0.651. The zero-order chi connectivity index (χ0) is 24.1. The molecule has 0 bridgehead atoms. The van der Waals surface area contributed by atoms with Crippen molar-refractivity contribution in [1.29, 1.82) is 0 Å². The van der Waals surface area contributed by atoms with Gasteiger partial charge in [0.15, 0.2) is 11.2 Å². The Morgan fingerprint density at radius 2 is 1.74 bits per heavy atom. The van der Waals surface area contributed by atoms with E-state index in [1.165, 1.54) is 4.57 Å². The Morgan fingerprint density at radius 3 is 2.41 bits per heavy atom. The van der Waals surface area contributed by atoms with E-state index in [0.29, 0.717) is 29.2 Å². The van der Waals surface area contributed by atoms with Gasteiger partial charge in [0.05, 0.1) is 6.54 Å². The molecule has 176 valence electrons. The van der Waals surface area contributed by atoms with Crippen LogP contribution in [0.1, 0.15) is 37.2 Å². The molecule has 4 aromatic rings. The molecule has 0 aliphatic heterocycles. The van der Waals surface area contributed by atoms with Crippen LogP contribution in [0.25, 0.3) is 11.2 Å². The van der Waals surface area contributed by atoms with Crippen molar-refractivity contribution in [3.8, 4) is 0 Å². The van der Waals surface area contributed by atoms with Gasteiger partial charge in [-0.25, -0.2) is 9.78 Å². The molecule has 9 nitrogen and oxygen atoms in total. The van der Waals surface area contributed by atoms with Gasteiger partial charge < -0.3 is 9.88 Å². The van der Waals surface area contributed by atoms with Crippen LogP contribution in [0.15, 0.2) is 70.3 Å². The third-order valence-corrected chi connectivity index (χ3v) is 5.74. The summed E-state index contributed by atoms with van der Waals surface area (Å²) in [5, 5.41) is 6.21. The summed E-state index contributed by atoms with van der Waals surface area (Å²) in [6.07, 6.45) is 1.70. The number of imidazole rings is 1. The van der Waals surface area contributed by atoms with E-state index in [1.807, 2.05) is 67.6 Å². The van der Waals surface area contributed by atoms with Crippen LogP contribution in [0.3, 0.4) is 0 Å². The van der Waals surface area contributed by atoms with Crippen LogP contribution in [0, 0.1) is 0 Å². The quantitative estimate of drug-likeness (QED) is 0.355. The van der Waals surface area contributed by atoms with E-state index < -0.39 is 17.3 Å². The summed E-state index contributed by atoms with van der Waals surface area (Å²) in [5.41, 5.74) is 1.24. The number of H-pyrrole nitrogens is 1. The van der Waals surface area contributed by atoms with Crippen LogP contribution in [0.5, 0.6) is 0 Å². The molecule has 3 N–H and O–H groups in total. The minimum absolute atomic E-state index is 0.214. The number of carbonyl (C=O) groups excluding carboxylic acids is 1. The summed E-state index contributed by atoms with van der Waals surface area (Å²) in [6.45, 7) is 2.72. The van der Waals surface area contributed by atoms with Crippen molar-refractivity contribution in [3.63, 3.8) is 0 Å². The number of anilines is 1. The van der Waals surface area contributed by atoms with Crippen LogP contribution in [0.4, 0.5) is 5.69 Å². The van der Waals surface area contributed by atoms with Crippen molar-refractivity contribution in [2.45, 2.75) is 38.9 Å². The van der Waals surface area contributed by atoms with Crippen LogP contribution in [-0.4, -0.2) is 25.0 Å². The van der Waals surface area contributed by atoms with Crippen molar-refractivity contribution in [3.05, 3.63) is 92.9 Å². The van der Waals surface area contributed by atoms with Gasteiger partial charge in [-0.05, 0) is 24.1 Å². The molecule has 0 aliphatic rings. The SMILES string of the molecule is CCCCn1c(=O)[nH]c(=O)c2c1nc(CNC(C(=O)Nc1ccccc1)c1ccccc1)n2C. The summed E-state index contributed by atoms with van der Waals surface area (Å²) in [7, 11) is 1.73. The van der Waals surface area contributed by atoms with Crippen LogP contribution in [0.2, 0.25) is 0 Å². The van der Waals surface area contributed by atoms with E-state index in [9.17, 15) is 14.4 Å². The van der Waals surface area contributed by atoms with Gasteiger partial charge in [0, 0.05) is 19.3 Å². The topological polar surface area (TPSA) is 114 Å². The molecule has 0 aliphatic carbocycles. The number of aromatic amines is 1. The molecule has 1 unspecified atom stereocenters. The molecule has 0 saturated carbocycles. The standard InChI is InChI=1S/C25H28N6O3/c1-3-4-15-31-22-21(24(33)29-25(31)34)30(2)19(28-22)16-26-20(17-11-7-5-8-12-17)23(32)27-18-13-9-6-10-14-18/h5-14,20,26H,3-4,15-16H2,1-2H3,(H,27,32)(H,29,33,34). The highest BCUT2D eigenvalue weighted by Crippen LogP contribution is 2.18. The van der Waals surface area contributed by atoms with Gasteiger partial charge in [0.1, 0.15) is 11.9 Å². The largest absolute Gasteiger partial charge is 0.330 e. The van der Waals surface area contributed by atoms with E-state index in [-0.39, 0.29) is 12.5 Å². The highest BCUT2D eigenvalue weighted by atomic mass is 16.2. The maximum atomic E-state index is 13.2. The lowest BCUT2D eigenvalue weighted by Gasteiger charge is -2.19. The number of nitrogens with zero attached hydrogens (tertiary/aromatic N) is 3. The average Bonchev–Trinajstić information content (AvgIpc) is 3.17. The van der Waals surface area contributed by atoms with Gasteiger partial charge in [-0.1, -0.05) is 61.9 Å². The fraction of sp³-hybridized carbons (Fsp3) is 0.280. The predicted molar refractivity (Wildman–Crippen MR) is 132 cm³/mol. The molecule has 4 rings (SSSR count). The fourth-order valence-corrected chi connectivity index (χ4v) is 3.91. The first-order valence-corrected chi connectivity index (χ1v) is 11.3. The molecule has 0 spiro atoms. The van der Waals surface area contributed by atoms with Gasteiger partial charge in [0.25, 0.3) is 5.56 Å². The summed E-state index contributed by atoms with van der Waals surface area (Å²) in [6, 6.07) is 18.0. The number of para-hydroxylation sites is 1. The lowest BCUT2D eigenvalue weighted by Crippen LogP contribution is -2.33. The molecule has 0 radical (unpaired) electrons. The third-order valence-electron chi connectivity index (χ3n) is 5.74. The number of fused-ring (bicyclic) bond motifs is 1. The van der Waals surface area contributed by atoms with Crippen LogP contribution < -0.4 is 21.9 Å². The molecule has 2 aromatic carbocycles. The average molecular weight is 461 g/mol. The van der Waals surface area contributed by atoms with Crippen molar-refractivity contribution in [2.24, 2.45) is 7.05 Å². The Hall–Kier alpha value is -3.98. The van der Waals surface area contributed by atoms with E-state index >= 15 is 0 Å². The molecular weight excluding hydrogens is 432 g/mol. The Bertz CT molecular complexity index is 1390. The molecule has 1 amide bonds. The Balaban J connectivity index is 1.64. The second-order valence-corrected chi connectivity index (χ2v) is 8.10. The minimum Gasteiger partial charge on any atom is -0.324 e. The highest BCUT2D eigenvalue weighted by Gasteiger charge is 2.22. The molecular formula is C25H28N6O3. The third kappa shape index (κ3) is 4.84. The second-order valence-electron chi connectivity index (χ2n) is 8.10. The molecule has 0 fully saturated rings. The molecule has 9 heteroatoms. The van der Waals surface area contributed by atoms with Gasteiger partial charge in [-0.3, -0.25) is 24.5 Å². The van der Waals surface area contributed by atoms with E-state index in [1.54, 1.807) is 11.6 Å².